The highest BCUT2D eigenvalue weighted by Gasteiger charge is 2.17. The number of hydrogen-bond donors (Lipinski definition) is 1. The van der Waals surface area contributed by atoms with Gasteiger partial charge in [0.1, 0.15) is 5.75 Å². The first-order chi connectivity index (χ1) is 17.4. The molecule has 196 valence electrons. The Morgan fingerprint density at radius 2 is 1.33 bits per heavy atom. The van der Waals surface area contributed by atoms with Crippen molar-refractivity contribution < 1.29 is 14.3 Å². The molecule has 0 radical (unpaired) electrons. The Balaban J connectivity index is 1.87. The van der Waals surface area contributed by atoms with E-state index in [0.29, 0.717) is 29.0 Å². The van der Waals surface area contributed by atoms with E-state index in [4.69, 9.17) is 4.74 Å². The summed E-state index contributed by atoms with van der Waals surface area (Å²) in [5.41, 5.74) is 1.47. The van der Waals surface area contributed by atoms with Crippen molar-refractivity contribution in [1.82, 2.24) is 5.32 Å². The first kappa shape index (κ1) is 29.4. The summed E-state index contributed by atoms with van der Waals surface area (Å²) in [7, 11) is 0. The molecule has 2 aromatic rings. The predicted octanol–water partition coefficient (Wildman–Crippen LogP) is 8.80. The van der Waals surface area contributed by atoms with Crippen LogP contribution in [0, 0.1) is 0 Å². The van der Waals surface area contributed by atoms with Gasteiger partial charge in [-0.3, -0.25) is 4.79 Å². The maximum absolute atomic E-state index is 13.0. The summed E-state index contributed by atoms with van der Waals surface area (Å²) < 4.78 is 5.76. The van der Waals surface area contributed by atoms with Crippen molar-refractivity contribution in [2.45, 2.75) is 104 Å². The molecule has 1 amide bonds. The van der Waals surface area contributed by atoms with Gasteiger partial charge in [-0.1, -0.05) is 121 Å². The van der Waals surface area contributed by atoms with Crippen molar-refractivity contribution in [1.29, 1.82) is 0 Å². The highest BCUT2D eigenvalue weighted by molar-refractivity contribution is 5.97. The summed E-state index contributed by atoms with van der Waals surface area (Å²) >= 11 is 0. The summed E-state index contributed by atoms with van der Waals surface area (Å²) in [6.07, 6.45) is 15.8. The van der Waals surface area contributed by atoms with Gasteiger partial charge in [0, 0.05) is 16.7 Å². The van der Waals surface area contributed by atoms with E-state index >= 15 is 0 Å². The lowest BCUT2D eigenvalue weighted by Crippen LogP contribution is -2.26. The van der Waals surface area contributed by atoms with Crippen molar-refractivity contribution in [3.8, 4) is 5.75 Å². The highest BCUT2D eigenvalue weighted by Crippen LogP contribution is 2.26. The predicted molar refractivity (Wildman–Crippen MR) is 151 cm³/mol. The number of fused-ring (bicyclic) bond motifs is 1. The van der Waals surface area contributed by atoms with E-state index in [2.05, 4.69) is 18.8 Å². The van der Waals surface area contributed by atoms with E-state index in [-0.39, 0.29) is 5.91 Å². The van der Waals surface area contributed by atoms with Crippen LogP contribution in [0.2, 0.25) is 0 Å². The number of ether oxygens (including phenoxy) is 1. The Morgan fingerprint density at radius 3 is 1.94 bits per heavy atom. The second-order valence-electron chi connectivity index (χ2n) is 9.84. The van der Waals surface area contributed by atoms with Crippen molar-refractivity contribution in [3.05, 3.63) is 65.9 Å². The van der Waals surface area contributed by atoms with Gasteiger partial charge in [0.05, 0.1) is 5.57 Å². The van der Waals surface area contributed by atoms with Gasteiger partial charge in [-0.2, -0.15) is 0 Å². The topological polar surface area (TPSA) is 55.4 Å². The lowest BCUT2D eigenvalue weighted by molar-refractivity contribution is -0.130. The number of esters is 1. The zero-order valence-corrected chi connectivity index (χ0v) is 22.7. The summed E-state index contributed by atoms with van der Waals surface area (Å²) in [6.45, 7) is 9.38. The van der Waals surface area contributed by atoms with Gasteiger partial charge in [0.2, 0.25) is 5.91 Å². The number of carbonyl (C=O) groups excluding carboxylic acids is 2. The molecule has 0 aromatic heterocycles. The molecule has 1 N–H and O–H groups in total. The SMILES string of the molecule is C=C(C)C(=O)NC(CCCCCCCCCCCCCC)=C(C)C(=O)Oc1cccc2ccccc12. The number of amides is 1. The standard InChI is InChI=1S/C32H45NO3/c1-5-6-7-8-9-10-11-12-13-14-15-16-23-29(33-31(34)25(2)3)26(4)32(35)36-30-24-19-21-27-20-17-18-22-28(27)30/h17-22,24H,2,5-16,23H2,1,3-4H3,(H,33,34). The van der Waals surface area contributed by atoms with Gasteiger partial charge >= 0.3 is 5.97 Å². The van der Waals surface area contributed by atoms with E-state index in [1.807, 2.05) is 36.4 Å². The van der Waals surface area contributed by atoms with Crippen LogP contribution in [0.4, 0.5) is 0 Å². The van der Waals surface area contributed by atoms with Gasteiger partial charge in [0.15, 0.2) is 0 Å². The molecule has 0 bridgehead atoms. The smallest absolute Gasteiger partial charge is 0.340 e. The highest BCUT2D eigenvalue weighted by atomic mass is 16.5. The maximum atomic E-state index is 13.0. The van der Waals surface area contributed by atoms with Crippen LogP contribution in [0.1, 0.15) is 104 Å². The van der Waals surface area contributed by atoms with Crippen LogP contribution >= 0.6 is 0 Å². The molecule has 0 atom stereocenters. The molecule has 2 rings (SSSR count). The molecule has 0 spiro atoms. The molecule has 36 heavy (non-hydrogen) atoms. The molecule has 0 aliphatic heterocycles. The summed E-state index contributed by atoms with van der Waals surface area (Å²) in [4.78, 5) is 25.3. The molecule has 0 aliphatic rings. The molecule has 0 saturated carbocycles. The Morgan fingerprint density at radius 1 is 0.778 bits per heavy atom. The molecule has 0 aliphatic carbocycles. The molecule has 0 heterocycles. The van der Waals surface area contributed by atoms with E-state index < -0.39 is 5.97 Å². The number of carbonyl (C=O) groups is 2. The first-order valence-electron chi connectivity index (χ1n) is 13.8. The fraction of sp³-hybridized carbons (Fsp3) is 0.500. The third-order valence-corrected chi connectivity index (χ3v) is 6.64. The van der Waals surface area contributed by atoms with Crippen LogP contribution in [0.15, 0.2) is 65.9 Å². The minimum absolute atomic E-state index is 0.263. The fourth-order valence-electron chi connectivity index (χ4n) is 4.31. The Kier molecular flexibility index (Phi) is 13.6. The number of rotatable bonds is 17. The van der Waals surface area contributed by atoms with Gasteiger partial charge in [-0.05, 0) is 38.1 Å². The maximum Gasteiger partial charge on any atom is 0.340 e. The second kappa shape index (κ2) is 16.7. The van der Waals surface area contributed by atoms with E-state index in [1.54, 1.807) is 19.9 Å². The van der Waals surface area contributed by atoms with Crippen LogP contribution in [-0.4, -0.2) is 11.9 Å². The molecule has 4 nitrogen and oxygen atoms in total. The average molecular weight is 492 g/mol. The quantitative estimate of drug-likeness (QED) is 0.104. The number of nitrogens with one attached hydrogen (secondary N) is 1. The monoisotopic (exact) mass is 491 g/mol. The minimum atomic E-state index is -0.442. The Hall–Kier alpha value is -2.88. The normalized spacial score (nSPS) is 11.8. The van der Waals surface area contributed by atoms with Crippen LogP contribution in [0.5, 0.6) is 5.75 Å². The lowest BCUT2D eigenvalue weighted by Gasteiger charge is -2.14. The molecule has 0 unspecified atom stereocenters. The van der Waals surface area contributed by atoms with Crippen LogP contribution in [0.25, 0.3) is 10.8 Å². The third-order valence-electron chi connectivity index (χ3n) is 6.64. The second-order valence-corrected chi connectivity index (χ2v) is 9.84. The number of allylic oxidation sites excluding steroid dienone is 1. The first-order valence-corrected chi connectivity index (χ1v) is 13.8. The Bertz CT molecular complexity index is 1020. The number of unbranched alkanes of at least 4 members (excludes halogenated alkanes) is 11. The van der Waals surface area contributed by atoms with Crippen LogP contribution in [-0.2, 0) is 9.59 Å². The largest absolute Gasteiger partial charge is 0.422 e. The molecule has 0 saturated heterocycles. The van der Waals surface area contributed by atoms with Gasteiger partial charge < -0.3 is 10.1 Å². The molecule has 4 heteroatoms. The van der Waals surface area contributed by atoms with Crippen molar-refractivity contribution in [3.63, 3.8) is 0 Å². The minimum Gasteiger partial charge on any atom is -0.422 e. The van der Waals surface area contributed by atoms with E-state index in [9.17, 15) is 9.59 Å². The Labute approximate surface area is 218 Å². The fourth-order valence-corrected chi connectivity index (χ4v) is 4.31. The zero-order chi connectivity index (χ0) is 26.2. The summed E-state index contributed by atoms with van der Waals surface area (Å²) in [5, 5.41) is 4.79. The molecule has 0 fully saturated rings. The number of benzene rings is 2. The molecular formula is C32H45NO3. The van der Waals surface area contributed by atoms with E-state index in [0.717, 1.165) is 23.6 Å². The molecular weight excluding hydrogens is 446 g/mol. The molecule has 2 aromatic carbocycles. The van der Waals surface area contributed by atoms with Crippen LogP contribution in [0.3, 0.4) is 0 Å². The van der Waals surface area contributed by atoms with Gasteiger partial charge in [-0.25, -0.2) is 4.79 Å². The number of hydrogen-bond acceptors (Lipinski definition) is 3. The lowest BCUT2D eigenvalue weighted by atomic mass is 10.0. The van der Waals surface area contributed by atoms with Gasteiger partial charge in [-0.15, -0.1) is 0 Å². The van der Waals surface area contributed by atoms with E-state index in [1.165, 1.54) is 64.2 Å². The summed E-state index contributed by atoms with van der Waals surface area (Å²) in [5.74, 6) is -0.183. The third kappa shape index (κ3) is 10.4. The van der Waals surface area contributed by atoms with Crippen LogP contribution < -0.4 is 10.1 Å². The summed E-state index contributed by atoms with van der Waals surface area (Å²) in [6, 6.07) is 13.5. The van der Waals surface area contributed by atoms with Crippen molar-refractivity contribution >= 4 is 22.6 Å². The van der Waals surface area contributed by atoms with Crippen molar-refractivity contribution in [2.75, 3.05) is 0 Å². The average Bonchev–Trinajstić information content (AvgIpc) is 2.88. The van der Waals surface area contributed by atoms with Crippen molar-refractivity contribution in [2.24, 2.45) is 0 Å². The zero-order valence-electron chi connectivity index (χ0n) is 22.7. The van der Waals surface area contributed by atoms with Gasteiger partial charge in [0.25, 0.3) is 0 Å².